The van der Waals surface area contributed by atoms with Gasteiger partial charge in [0, 0.05) is 25.3 Å². The lowest BCUT2D eigenvalue weighted by Gasteiger charge is -2.32. The van der Waals surface area contributed by atoms with Gasteiger partial charge in [-0.25, -0.2) is 0 Å². The van der Waals surface area contributed by atoms with Gasteiger partial charge in [0.05, 0.1) is 6.10 Å². The van der Waals surface area contributed by atoms with E-state index in [1.54, 1.807) is 0 Å². The normalized spacial score (nSPS) is 17.5. The third-order valence-electron chi connectivity index (χ3n) is 3.45. The maximum Gasteiger partial charge on any atom is 0.0574 e. The second-order valence-corrected chi connectivity index (χ2v) is 4.87. The molecule has 0 amide bonds. The molecule has 0 unspecified atom stereocenters. The lowest BCUT2D eigenvalue weighted by Crippen LogP contribution is -2.36. The summed E-state index contributed by atoms with van der Waals surface area (Å²) < 4.78 is 0. The van der Waals surface area contributed by atoms with Crippen molar-refractivity contribution in [3.63, 3.8) is 0 Å². The number of aliphatic hydroxyl groups is 1. The van der Waals surface area contributed by atoms with Gasteiger partial charge in [-0.1, -0.05) is 12.1 Å². The fourth-order valence-corrected chi connectivity index (χ4v) is 2.49. The first-order valence-corrected chi connectivity index (χ1v) is 6.38. The number of hydrogen-bond acceptors (Lipinski definition) is 3. The summed E-state index contributed by atoms with van der Waals surface area (Å²) >= 11 is 0. The van der Waals surface area contributed by atoms with Crippen molar-refractivity contribution in [1.82, 2.24) is 5.32 Å². The van der Waals surface area contributed by atoms with Crippen LogP contribution in [-0.4, -0.2) is 31.3 Å². The predicted octanol–water partition coefficient (Wildman–Crippen LogP) is 1.68. The van der Waals surface area contributed by atoms with Gasteiger partial charge in [-0.3, -0.25) is 0 Å². The Hall–Kier alpha value is -1.06. The van der Waals surface area contributed by atoms with Crippen LogP contribution in [0.1, 0.15) is 24.0 Å². The molecule has 1 saturated heterocycles. The SMILES string of the molecule is CNCc1ccc(N2CCC(O)CC2)c(C)c1. The van der Waals surface area contributed by atoms with Gasteiger partial charge in [-0.2, -0.15) is 0 Å². The fraction of sp³-hybridized carbons (Fsp3) is 0.571. The molecule has 0 aliphatic carbocycles. The number of hydrogen-bond donors (Lipinski definition) is 2. The smallest absolute Gasteiger partial charge is 0.0574 e. The molecule has 1 aromatic rings. The molecule has 0 aromatic heterocycles. The average Bonchev–Trinajstić information content (AvgIpc) is 2.31. The van der Waals surface area contributed by atoms with Crippen molar-refractivity contribution >= 4 is 5.69 Å². The Morgan fingerprint density at radius 1 is 1.35 bits per heavy atom. The highest BCUT2D eigenvalue weighted by molar-refractivity contribution is 5.54. The molecule has 1 fully saturated rings. The van der Waals surface area contributed by atoms with Crippen LogP contribution in [0.15, 0.2) is 18.2 Å². The molecule has 0 atom stereocenters. The molecule has 3 heteroatoms. The highest BCUT2D eigenvalue weighted by Gasteiger charge is 2.18. The van der Waals surface area contributed by atoms with Crippen molar-refractivity contribution in [1.29, 1.82) is 0 Å². The zero-order valence-corrected chi connectivity index (χ0v) is 10.7. The molecule has 3 nitrogen and oxygen atoms in total. The van der Waals surface area contributed by atoms with Crippen LogP contribution < -0.4 is 10.2 Å². The lowest BCUT2D eigenvalue weighted by molar-refractivity contribution is 0.145. The van der Waals surface area contributed by atoms with Gasteiger partial charge in [0.2, 0.25) is 0 Å². The van der Waals surface area contributed by atoms with Gasteiger partial charge in [0.25, 0.3) is 0 Å². The minimum absolute atomic E-state index is 0.102. The molecule has 1 heterocycles. The topological polar surface area (TPSA) is 35.5 Å². The Labute approximate surface area is 103 Å². The quantitative estimate of drug-likeness (QED) is 0.835. The Morgan fingerprint density at radius 2 is 2.06 bits per heavy atom. The van der Waals surface area contributed by atoms with Crippen LogP contribution >= 0.6 is 0 Å². The van der Waals surface area contributed by atoms with Gasteiger partial charge >= 0.3 is 0 Å². The number of nitrogens with one attached hydrogen (secondary N) is 1. The molecule has 94 valence electrons. The average molecular weight is 234 g/mol. The van der Waals surface area contributed by atoms with E-state index in [9.17, 15) is 5.11 Å². The molecule has 1 aromatic carbocycles. The largest absolute Gasteiger partial charge is 0.393 e. The van der Waals surface area contributed by atoms with E-state index in [-0.39, 0.29) is 6.10 Å². The van der Waals surface area contributed by atoms with Gasteiger partial charge in [0.1, 0.15) is 0 Å². The van der Waals surface area contributed by atoms with E-state index in [1.807, 2.05) is 7.05 Å². The summed E-state index contributed by atoms with van der Waals surface area (Å²) in [6.07, 6.45) is 1.67. The van der Waals surface area contributed by atoms with Crippen LogP contribution in [-0.2, 0) is 6.54 Å². The molecule has 2 N–H and O–H groups in total. The monoisotopic (exact) mass is 234 g/mol. The highest BCUT2D eigenvalue weighted by Crippen LogP contribution is 2.24. The Bertz CT molecular complexity index is 370. The number of nitrogens with zero attached hydrogens (tertiary/aromatic N) is 1. The zero-order valence-electron chi connectivity index (χ0n) is 10.7. The van der Waals surface area contributed by atoms with Crippen LogP contribution in [0.3, 0.4) is 0 Å². The van der Waals surface area contributed by atoms with Gasteiger partial charge < -0.3 is 15.3 Å². The molecule has 0 saturated carbocycles. The number of anilines is 1. The second kappa shape index (κ2) is 5.52. The van der Waals surface area contributed by atoms with Crippen molar-refractivity contribution in [3.05, 3.63) is 29.3 Å². The predicted molar refractivity (Wildman–Crippen MR) is 71.4 cm³/mol. The summed E-state index contributed by atoms with van der Waals surface area (Å²) in [6, 6.07) is 6.64. The van der Waals surface area contributed by atoms with Crippen molar-refractivity contribution in [2.45, 2.75) is 32.4 Å². The van der Waals surface area contributed by atoms with Crippen molar-refractivity contribution in [3.8, 4) is 0 Å². The maximum atomic E-state index is 9.52. The molecule has 1 aliphatic heterocycles. The Morgan fingerprint density at radius 3 is 2.65 bits per heavy atom. The minimum atomic E-state index is -0.102. The number of rotatable bonds is 3. The van der Waals surface area contributed by atoms with Crippen LogP contribution in [0.5, 0.6) is 0 Å². The van der Waals surface area contributed by atoms with E-state index in [1.165, 1.54) is 16.8 Å². The van der Waals surface area contributed by atoms with E-state index >= 15 is 0 Å². The van der Waals surface area contributed by atoms with Gasteiger partial charge in [-0.15, -0.1) is 0 Å². The summed E-state index contributed by atoms with van der Waals surface area (Å²) in [4.78, 5) is 2.38. The number of benzene rings is 1. The van der Waals surface area contributed by atoms with Crippen molar-refractivity contribution in [2.75, 3.05) is 25.0 Å². The summed E-state index contributed by atoms with van der Waals surface area (Å²) in [5, 5.41) is 12.7. The molecule has 0 bridgehead atoms. The van der Waals surface area contributed by atoms with E-state index < -0.39 is 0 Å². The first-order chi connectivity index (χ1) is 8.20. The number of piperidine rings is 1. The van der Waals surface area contributed by atoms with Gasteiger partial charge in [0.15, 0.2) is 0 Å². The zero-order chi connectivity index (χ0) is 12.3. The summed E-state index contributed by atoms with van der Waals surface area (Å²) in [5.41, 5.74) is 3.97. The van der Waals surface area contributed by atoms with Crippen molar-refractivity contribution in [2.24, 2.45) is 0 Å². The number of aryl methyl sites for hydroxylation is 1. The van der Waals surface area contributed by atoms with Crippen LogP contribution in [0.4, 0.5) is 5.69 Å². The number of aliphatic hydroxyl groups excluding tert-OH is 1. The van der Waals surface area contributed by atoms with Crippen LogP contribution in [0.25, 0.3) is 0 Å². The molecular formula is C14H22N2O. The van der Waals surface area contributed by atoms with E-state index in [0.29, 0.717) is 0 Å². The third kappa shape index (κ3) is 2.99. The summed E-state index contributed by atoms with van der Waals surface area (Å²) in [7, 11) is 1.97. The first-order valence-electron chi connectivity index (χ1n) is 6.38. The fourth-order valence-electron chi connectivity index (χ4n) is 2.49. The molecule has 17 heavy (non-hydrogen) atoms. The standard InChI is InChI=1S/C14H22N2O/c1-11-9-12(10-15-2)3-4-14(11)16-7-5-13(17)6-8-16/h3-4,9,13,15,17H,5-8,10H2,1-2H3. The van der Waals surface area contributed by atoms with Crippen LogP contribution in [0.2, 0.25) is 0 Å². The highest BCUT2D eigenvalue weighted by atomic mass is 16.3. The summed E-state index contributed by atoms with van der Waals surface area (Å²) in [5.74, 6) is 0. The molecule has 1 aliphatic rings. The molecule has 0 spiro atoms. The Balaban J connectivity index is 2.10. The van der Waals surface area contributed by atoms with Crippen LogP contribution in [0, 0.1) is 6.92 Å². The van der Waals surface area contributed by atoms with Gasteiger partial charge in [-0.05, 0) is 44.0 Å². The Kier molecular flexibility index (Phi) is 4.02. The summed E-state index contributed by atoms with van der Waals surface area (Å²) in [6.45, 7) is 5.01. The molecule has 2 rings (SSSR count). The maximum absolute atomic E-state index is 9.52. The molecule has 0 radical (unpaired) electrons. The lowest BCUT2D eigenvalue weighted by atomic mass is 10.0. The van der Waals surface area contributed by atoms with Crippen molar-refractivity contribution < 1.29 is 5.11 Å². The molecular weight excluding hydrogens is 212 g/mol. The van der Waals surface area contributed by atoms with E-state index in [4.69, 9.17) is 0 Å². The second-order valence-electron chi connectivity index (χ2n) is 4.87. The third-order valence-corrected chi connectivity index (χ3v) is 3.45. The van der Waals surface area contributed by atoms with E-state index in [2.05, 4.69) is 35.3 Å². The first kappa shape index (κ1) is 12.4. The minimum Gasteiger partial charge on any atom is -0.393 e. The van der Waals surface area contributed by atoms with E-state index in [0.717, 1.165) is 32.5 Å².